The van der Waals surface area contributed by atoms with Gasteiger partial charge in [-0.05, 0) is 24.3 Å². The van der Waals surface area contributed by atoms with E-state index in [1.165, 1.54) is 35.1 Å². The van der Waals surface area contributed by atoms with Gasteiger partial charge in [-0.2, -0.15) is 5.26 Å². The van der Waals surface area contributed by atoms with Crippen LogP contribution in [0.1, 0.15) is 5.56 Å². The van der Waals surface area contributed by atoms with Gasteiger partial charge in [0.15, 0.2) is 5.82 Å². The van der Waals surface area contributed by atoms with Gasteiger partial charge >= 0.3 is 6.03 Å². The molecule has 0 atom stereocenters. The molecule has 1 aromatic heterocycles. The minimum Gasteiger partial charge on any atom is -0.337 e. The first-order valence-corrected chi connectivity index (χ1v) is 10.4. The average molecular weight is 428 g/mol. The maximum atomic E-state index is 13.7. The van der Waals surface area contributed by atoms with Crippen LogP contribution < -0.4 is 15.4 Å². The molecule has 11 heteroatoms. The lowest BCUT2D eigenvalue weighted by Gasteiger charge is -2.09. The number of nitriles is 1. The number of anilines is 2. The number of nitrogens with one attached hydrogen (secondary N) is 3. The molecule has 30 heavy (non-hydrogen) atoms. The summed E-state index contributed by atoms with van der Waals surface area (Å²) in [6, 6.07) is 15.1. The van der Waals surface area contributed by atoms with Crippen LogP contribution in [0.5, 0.6) is 0 Å². The van der Waals surface area contributed by atoms with Gasteiger partial charge in [-0.1, -0.05) is 24.3 Å². The molecule has 0 aliphatic heterocycles. The van der Waals surface area contributed by atoms with Gasteiger partial charge in [0.25, 0.3) is 0 Å². The van der Waals surface area contributed by atoms with Crippen LogP contribution in [0, 0.1) is 17.1 Å². The lowest BCUT2D eigenvalue weighted by atomic mass is 10.2. The molecular weight excluding hydrogens is 411 g/mol. The van der Waals surface area contributed by atoms with E-state index in [2.05, 4.69) is 20.5 Å². The summed E-state index contributed by atoms with van der Waals surface area (Å²) in [6.07, 6.45) is 1.46. The summed E-state index contributed by atoms with van der Waals surface area (Å²) < 4.78 is 41.5. The minimum absolute atomic E-state index is 0.128. The van der Waals surface area contributed by atoms with Crippen molar-refractivity contribution in [1.29, 1.82) is 5.26 Å². The van der Waals surface area contributed by atoms with E-state index in [1.807, 2.05) is 0 Å². The number of sulfonamides is 1. The van der Waals surface area contributed by atoms with Gasteiger partial charge in [0, 0.05) is 24.5 Å². The van der Waals surface area contributed by atoms with E-state index >= 15 is 0 Å². The maximum absolute atomic E-state index is 13.7. The van der Waals surface area contributed by atoms with Crippen LogP contribution in [0.2, 0.25) is 0 Å². The number of aromatic nitrogens is 2. The number of carbonyl (C=O) groups excluding carboxylic acids is 1. The second-order valence-corrected chi connectivity index (χ2v) is 7.90. The van der Waals surface area contributed by atoms with E-state index in [4.69, 9.17) is 5.26 Å². The molecule has 0 saturated carbocycles. The van der Waals surface area contributed by atoms with Crippen molar-refractivity contribution in [3.63, 3.8) is 0 Å². The predicted octanol–water partition coefficient (Wildman–Crippen LogP) is 2.45. The van der Waals surface area contributed by atoms with Gasteiger partial charge in [-0.25, -0.2) is 22.3 Å². The fraction of sp³-hybridized carbons (Fsp3) is 0.105. The van der Waals surface area contributed by atoms with Crippen molar-refractivity contribution in [3.05, 3.63) is 72.2 Å². The summed E-state index contributed by atoms with van der Waals surface area (Å²) in [5.74, 6) is -0.854. The Labute approximate surface area is 172 Å². The van der Waals surface area contributed by atoms with Crippen molar-refractivity contribution in [2.45, 2.75) is 0 Å². The Morgan fingerprint density at radius 1 is 1.13 bits per heavy atom. The zero-order chi connectivity index (χ0) is 21.6. The van der Waals surface area contributed by atoms with E-state index in [9.17, 15) is 17.6 Å². The summed E-state index contributed by atoms with van der Waals surface area (Å²) in [6.45, 7) is -0.128. The van der Waals surface area contributed by atoms with Crippen molar-refractivity contribution >= 4 is 27.6 Å². The molecule has 3 N–H and O–H groups in total. The molecule has 0 unspecified atom stereocenters. The number of halogens is 1. The van der Waals surface area contributed by atoms with Gasteiger partial charge in [0.05, 0.1) is 11.4 Å². The number of para-hydroxylation sites is 1. The molecule has 154 valence electrons. The Balaban J connectivity index is 1.54. The molecule has 2 aromatic carbocycles. The summed E-state index contributed by atoms with van der Waals surface area (Å²) in [4.78, 5) is 12.0. The zero-order valence-corrected chi connectivity index (χ0v) is 16.4. The highest BCUT2D eigenvalue weighted by molar-refractivity contribution is 7.92. The molecule has 1 heterocycles. The van der Waals surface area contributed by atoms with Crippen LogP contribution in [0.25, 0.3) is 5.69 Å². The molecular formula is C19H17FN6O3S. The van der Waals surface area contributed by atoms with Crippen molar-refractivity contribution < 1.29 is 17.6 Å². The van der Waals surface area contributed by atoms with E-state index in [1.54, 1.807) is 36.4 Å². The smallest absolute Gasteiger partial charge is 0.320 e. The first-order chi connectivity index (χ1) is 14.4. The fourth-order valence-corrected chi connectivity index (χ4v) is 3.50. The van der Waals surface area contributed by atoms with Crippen molar-refractivity contribution in [2.24, 2.45) is 0 Å². The Morgan fingerprint density at radius 2 is 1.90 bits per heavy atom. The van der Waals surface area contributed by atoms with E-state index in [-0.39, 0.29) is 29.4 Å². The van der Waals surface area contributed by atoms with Crippen molar-refractivity contribution in [1.82, 2.24) is 15.1 Å². The second-order valence-electron chi connectivity index (χ2n) is 6.06. The monoisotopic (exact) mass is 428 g/mol. The summed E-state index contributed by atoms with van der Waals surface area (Å²) in [5, 5.41) is 18.1. The zero-order valence-electron chi connectivity index (χ0n) is 15.5. The quantitative estimate of drug-likeness (QED) is 0.532. The lowest BCUT2D eigenvalue weighted by molar-refractivity contribution is 0.252. The summed E-state index contributed by atoms with van der Waals surface area (Å²) in [7, 11) is -3.63. The average Bonchev–Trinajstić information content (AvgIpc) is 3.16. The topological polar surface area (TPSA) is 129 Å². The van der Waals surface area contributed by atoms with Gasteiger partial charge in [0.1, 0.15) is 17.4 Å². The van der Waals surface area contributed by atoms with Crippen LogP contribution in [0.15, 0.2) is 60.8 Å². The van der Waals surface area contributed by atoms with Crippen LogP contribution in [-0.4, -0.2) is 36.5 Å². The third-order valence-corrected chi connectivity index (χ3v) is 5.17. The molecule has 2 amide bonds. The standard InChI is InChI=1S/C19H17FN6O3S/c20-16-7-4-8-17(15(16)13-21)26-11-9-18(24-26)23-19(27)22-10-12-30(28,29)25-14-5-2-1-3-6-14/h1-9,11,25H,10,12H2,(H2,22,23,24,27). The molecule has 0 aliphatic rings. The number of rotatable bonds is 7. The first-order valence-electron chi connectivity index (χ1n) is 8.73. The normalized spacial score (nSPS) is 10.8. The van der Waals surface area contributed by atoms with Crippen LogP contribution in [0.4, 0.5) is 20.7 Å². The molecule has 0 radical (unpaired) electrons. The van der Waals surface area contributed by atoms with Crippen LogP contribution in [-0.2, 0) is 10.0 Å². The highest BCUT2D eigenvalue weighted by Crippen LogP contribution is 2.17. The molecule has 0 aliphatic carbocycles. The number of nitrogens with zero attached hydrogens (tertiary/aromatic N) is 3. The first kappa shape index (κ1) is 20.8. The Kier molecular flexibility index (Phi) is 6.29. The van der Waals surface area contributed by atoms with E-state index in [0.717, 1.165) is 0 Å². The van der Waals surface area contributed by atoms with Crippen molar-refractivity contribution in [3.8, 4) is 11.8 Å². The van der Waals surface area contributed by atoms with Gasteiger partial charge in [-0.3, -0.25) is 10.0 Å². The number of hydrogen-bond donors (Lipinski definition) is 3. The summed E-state index contributed by atoms with van der Waals surface area (Å²) >= 11 is 0. The third-order valence-electron chi connectivity index (χ3n) is 3.88. The number of benzene rings is 2. The van der Waals surface area contributed by atoms with Gasteiger partial charge in [0.2, 0.25) is 10.0 Å². The van der Waals surface area contributed by atoms with E-state index in [0.29, 0.717) is 5.69 Å². The number of carbonyl (C=O) groups is 1. The Morgan fingerprint density at radius 3 is 2.63 bits per heavy atom. The molecule has 9 nitrogen and oxygen atoms in total. The number of urea groups is 1. The fourth-order valence-electron chi connectivity index (χ4n) is 2.54. The molecule has 0 spiro atoms. The second kappa shape index (κ2) is 9.06. The summed E-state index contributed by atoms with van der Waals surface area (Å²) in [5.41, 5.74) is 0.485. The molecule has 3 rings (SSSR count). The van der Waals surface area contributed by atoms with Gasteiger partial charge < -0.3 is 5.32 Å². The molecule has 0 saturated heterocycles. The minimum atomic E-state index is -3.63. The SMILES string of the molecule is N#Cc1c(F)cccc1-n1ccc(NC(=O)NCCS(=O)(=O)Nc2ccccc2)n1. The largest absolute Gasteiger partial charge is 0.337 e. The lowest BCUT2D eigenvalue weighted by Crippen LogP contribution is -2.34. The highest BCUT2D eigenvalue weighted by atomic mass is 32.2. The highest BCUT2D eigenvalue weighted by Gasteiger charge is 2.13. The number of amides is 2. The molecule has 0 fully saturated rings. The van der Waals surface area contributed by atoms with Crippen LogP contribution >= 0.6 is 0 Å². The van der Waals surface area contributed by atoms with Crippen LogP contribution in [0.3, 0.4) is 0 Å². The third kappa shape index (κ3) is 5.33. The Hall–Kier alpha value is -3.91. The molecule has 0 bridgehead atoms. The van der Waals surface area contributed by atoms with E-state index < -0.39 is 21.9 Å². The predicted molar refractivity (Wildman–Crippen MR) is 109 cm³/mol. The van der Waals surface area contributed by atoms with Gasteiger partial charge in [-0.15, -0.1) is 5.10 Å². The van der Waals surface area contributed by atoms with Crippen molar-refractivity contribution in [2.75, 3.05) is 22.3 Å². The maximum Gasteiger partial charge on any atom is 0.320 e. The number of hydrogen-bond acceptors (Lipinski definition) is 5. The Bertz CT molecular complexity index is 1190. The molecule has 3 aromatic rings.